The minimum atomic E-state index is -2.27. The van der Waals surface area contributed by atoms with Gasteiger partial charge in [0.05, 0.1) is 6.10 Å². The summed E-state index contributed by atoms with van der Waals surface area (Å²) in [5.74, 6) is -3.54. The summed E-state index contributed by atoms with van der Waals surface area (Å²) in [6, 6.07) is 0. The van der Waals surface area contributed by atoms with Crippen LogP contribution in [-0.2, 0) is 9.59 Å². The third-order valence-corrected chi connectivity index (χ3v) is 2.12. The fraction of sp³-hybridized carbons (Fsp3) is 0.818. The van der Waals surface area contributed by atoms with E-state index in [2.05, 4.69) is 0 Å². The van der Waals surface area contributed by atoms with Crippen molar-refractivity contribution in [2.75, 3.05) is 6.61 Å². The summed E-state index contributed by atoms with van der Waals surface area (Å²) in [5.41, 5.74) is 0. The molecule has 0 aliphatic rings. The van der Waals surface area contributed by atoms with Crippen molar-refractivity contribution in [3.63, 3.8) is 0 Å². The molecule has 0 rings (SSSR count). The average Bonchev–Trinajstić information content (AvgIpc) is 2.35. The van der Waals surface area contributed by atoms with Gasteiger partial charge in [0.1, 0.15) is 0 Å². The van der Waals surface area contributed by atoms with Gasteiger partial charge in [-0.1, -0.05) is 13.3 Å². The lowest BCUT2D eigenvalue weighted by Gasteiger charge is -2.07. The smallest absolute Gasteiger partial charge is 0.335 e. The second kappa shape index (κ2) is 11.8. The molecule has 8 heteroatoms. The van der Waals surface area contributed by atoms with Gasteiger partial charge < -0.3 is 30.6 Å². The first kappa shape index (κ1) is 20.1. The second-order valence-electron chi connectivity index (χ2n) is 3.87. The Bertz CT molecular complexity index is 237. The third kappa shape index (κ3) is 11.6. The molecule has 0 spiro atoms. The fourth-order valence-electron chi connectivity index (χ4n) is 1.07. The Morgan fingerprint density at radius 1 is 0.947 bits per heavy atom. The Balaban J connectivity index is 0. The third-order valence-electron chi connectivity index (χ3n) is 2.12. The zero-order valence-electron chi connectivity index (χ0n) is 10.8. The number of aliphatic hydroxyl groups is 4. The Hall–Kier alpha value is -1.22. The first-order chi connectivity index (χ1) is 8.77. The van der Waals surface area contributed by atoms with Crippen LogP contribution in [0.5, 0.6) is 0 Å². The summed E-state index contributed by atoms with van der Waals surface area (Å²) in [6.07, 6.45) is -1.38. The Labute approximate surface area is 110 Å². The molecule has 0 aromatic rings. The van der Waals surface area contributed by atoms with Gasteiger partial charge in [0.15, 0.2) is 12.2 Å². The second-order valence-corrected chi connectivity index (χ2v) is 3.87. The number of carboxylic acid groups (broad SMARTS) is 2. The molecule has 0 radical (unpaired) electrons. The molecular formula is C11H22O8. The molecule has 0 saturated carbocycles. The van der Waals surface area contributed by atoms with E-state index in [-0.39, 0.29) is 12.7 Å². The van der Waals surface area contributed by atoms with E-state index in [0.717, 1.165) is 25.7 Å². The lowest BCUT2D eigenvalue weighted by molar-refractivity contribution is -0.165. The predicted octanol–water partition coefficient (Wildman–Crippen LogP) is -1.20. The highest BCUT2D eigenvalue weighted by molar-refractivity contribution is 5.83. The Morgan fingerprint density at radius 2 is 1.37 bits per heavy atom. The van der Waals surface area contributed by atoms with Gasteiger partial charge in [-0.3, -0.25) is 0 Å². The molecule has 19 heavy (non-hydrogen) atoms. The lowest BCUT2D eigenvalue weighted by Crippen LogP contribution is -2.39. The van der Waals surface area contributed by atoms with Gasteiger partial charge in [-0.2, -0.15) is 0 Å². The largest absolute Gasteiger partial charge is 0.479 e. The maximum absolute atomic E-state index is 9.77. The van der Waals surface area contributed by atoms with Crippen LogP contribution < -0.4 is 0 Å². The van der Waals surface area contributed by atoms with Gasteiger partial charge in [-0.05, 0) is 19.3 Å². The van der Waals surface area contributed by atoms with Crippen molar-refractivity contribution in [2.45, 2.75) is 50.9 Å². The van der Waals surface area contributed by atoms with E-state index < -0.39 is 24.1 Å². The van der Waals surface area contributed by atoms with Crippen molar-refractivity contribution in [1.82, 2.24) is 0 Å². The van der Waals surface area contributed by atoms with Crippen LogP contribution >= 0.6 is 0 Å². The zero-order valence-corrected chi connectivity index (χ0v) is 10.8. The molecule has 8 nitrogen and oxygen atoms in total. The number of carbonyl (C=O) groups is 2. The van der Waals surface area contributed by atoms with Crippen molar-refractivity contribution in [3.8, 4) is 0 Å². The maximum atomic E-state index is 9.77. The van der Waals surface area contributed by atoms with Crippen molar-refractivity contribution in [1.29, 1.82) is 0 Å². The molecule has 0 saturated heterocycles. The number of carboxylic acids is 2. The van der Waals surface area contributed by atoms with E-state index in [4.69, 9.17) is 30.6 Å². The highest BCUT2D eigenvalue weighted by Gasteiger charge is 2.29. The number of hydrogen-bond acceptors (Lipinski definition) is 6. The molecule has 0 amide bonds. The minimum Gasteiger partial charge on any atom is -0.479 e. The first-order valence-corrected chi connectivity index (χ1v) is 5.88. The average molecular weight is 282 g/mol. The van der Waals surface area contributed by atoms with Crippen molar-refractivity contribution >= 4 is 11.9 Å². The molecule has 3 unspecified atom stereocenters. The standard InChI is InChI=1S/C7H16O2.C4H6O6/c1-2-4-7(9)5-3-6-8;5-1(3(7)8)2(6)4(9)10/h7-9H,2-6H2,1H3;1-2,5-6H,(H,7,8)(H,9,10). The Kier molecular flexibility index (Phi) is 12.5. The topological polar surface area (TPSA) is 156 Å². The summed E-state index contributed by atoms with van der Waals surface area (Å²) in [7, 11) is 0. The summed E-state index contributed by atoms with van der Waals surface area (Å²) < 4.78 is 0. The predicted molar refractivity (Wildman–Crippen MR) is 64.5 cm³/mol. The van der Waals surface area contributed by atoms with Gasteiger partial charge in [0.25, 0.3) is 0 Å². The lowest BCUT2D eigenvalue weighted by atomic mass is 10.1. The van der Waals surface area contributed by atoms with E-state index in [9.17, 15) is 9.59 Å². The van der Waals surface area contributed by atoms with Gasteiger partial charge in [0.2, 0.25) is 0 Å². The van der Waals surface area contributed by atoms with E-state index in [1.165, 1.54) is 0 Å². The number of hydrogen-bond donors (Lipinski definition) is 6. The van der Waals surface area contributed by atoms with E-state index in [1.54, 1.807) is 0 Å². The SMILES string of the molecule is CCCC(O)CCCO.O=C(O)C(O)C(O)C(=O)O. The summed E-state index contributed by atoms with van der Waals surface area (Å²) >= 11 is 0. The van der Waals surface area contributed by atoms with E-state index in [1.807, 2.05) is 6.92 Å². The van der Waals surface area contributed by atoms with Gasteiger partial charge in [0, 0.05) is 6.61 Å². The molecule has 6 N–H and O–H groups in total. The fourth-order valence-corrected chi connectivity index (χ4v) is 1.07. The van der Waals surface area contributed by atoms with Crippen molar-refractivity contribution in [3.05, 3.63) is 0 Å². The number of rotatable bonds is 8. The van der Waals surface area contributed by atoms with Crippen LogP contribution in [0.3, 0.4) is 0 Å². The van der Waals surface area contributed by atoms with Crippen LogP contribution in [-0.4, -0.2) is 67.5 Å². The van der Waals surface area contributed by atoms with Crippen molar-refractivity contribution in [2.24, 2.45) is 0 Å². The van der Waals surface area contributed by atoms with Crippen molar-refractivity contribution < 1.29 is 40.2 Å². The summed E-state index contributed by atoms with van der Waals surface area (Å²) in [4.78, 5) is 19.5. The van der Waals surface area contributed by atoms with Gasteiger partial charge >= 0.3 is 11.9 Å². The molecule has 0 fully saturated rings. The monoisotopic (exact) mass is 282 g/mol. The van der Waals surface area contributed by atoms with Gasteiger partial charge in [-0.25, -0.2) is 9.59 Å². The molecule has 0 heterocycles. The normalized spacial score (nSPS) is 14.8. The number of aliphatic hydroxyl groups excluding tert-OH is 4. The first-order valence-electron chi connectivity index (χ1n) is 5.88. The summed E-state index contributed by atoms with van der Waals surface area (Å²) in [6.45, 7) is 2.24. The van der Waals surface area contributed by atoms with Crippen LogP contribution in [0.4, 0.5) is 0 Å². The molecule has 0 aromatic carbocycles. The highest BCUT2D eigenvalue weighted by atomic mass is 16.4. The Morgan fingerprint density at radius 3 is 1.63 bits per heavy atom. The van der Waals surface area contributed by atoms with Gasteiger partial charge in [-0.15, -0.1) is 0 Å². The molecule has 0 aliphatic carbocycles. The highest BCUT2D eigenvalue weighted by Crippen LogP contribution is 2.02. The van der Waals surface area contributed by atoms with Crippen LogP contribution in [0, 0.1) is 0 Å². The number of aliphatic carboxylic acids is 2. The maximum Gasteiger partial charge on any atom is 0.335 e. The van der Waals surface area contributed by atoms with E-state index >= 15 is 0 Å². The zero-order chi connectivity index (χ0) is 15.4. The van der Waals surface area contributed by atoms with Crippen LogP contribution in [0.2, 0.25) is 0 Å². The van der Waals surface area contributed by atoms with E-state index in [0.29, 0.717) is 0 Å². The molecule has 0 bridgehead atoms. The molecule has 0 aromatic heterocycles. The summed E-state index contributed by atoms with van der Waals surface area (Å²) in [5, 5.41) is 50.0. The van der Waals surface area contributed by atoms with Crippen LogP contribution in [0.25, 0.3) is 0 Å². The molecule has 114 valence electrons. The molecule has 0 aliphatic heterocycles. The minimum absolute atomic E-state index is 0.192. The van der Waals surface area contributed by atoms with Crippen LogP contribution in [0.15, 0.2) is 0 Å². The molecular weight excluding hydrogens is 260 g/mol. The van der Waals surface area contributed by atoms with Crippen LogP contribution in [0.1, 0.15) is 32.6 Å². The molecule has 3 atom stereocenters. The quantitative estimate of drug-likeness (QED) is 0.324.